The first-order valence-electron chi connectivity index (χ1n) is 4.58. The normalized spacial score (nSPS) is 10.3. The molecule has 1 heterocycles. The van der Waals surface area contributed by atoms with Gasteiger partial charge in [0.2, 0.25) is 0 Å². The Labute approximate surface area is 121 Å². The second kappa shape index (κ2) is 5.40. The van der Waals surface area contributed by atoms with Crippen LogP contribution in [0.3, 0.4) is 0 Å². The molecule has 0 bridgehead atoms. The quantitative estimate of drug-likeness (QED) is 0.804. The molecule has 2 aromatic rings. The van der Waals surface area contributed by atoms with Gasteiger partial charge in [-0.15, -0.1) is 11.3 Å². The van der Waals surface area contributed by atoms with Gasteiger partial charge >= 0.3 is 0 Å². The summed E-state index contributed by atoms with van der Waals surface area (Å²) in [4.78, 5) is 11.9. The molecule has 2 rings (SSSR count). The van der Waals surface area contributed by atoms with E-state index in [4.69, 9.17) is 23.2 Å². The Hall–Kier alpha value is -0.550. The third kappa shape index (κ3) is 3.01. The molecule has 1 aromatic heterocycles. The zero-order chi connectivity index (χ0) is 12.4. The number of thiophene rings is 1. The van der Waals surface area contributed by atoms with E-state index in [0.717, 1.165) is 4.47 Å². The van der Waals surface area contributed by atoms with E-state index in [9.17, 15) is 4.79 Å². The van der Waals surface area contributed by atoms with Gasteiger partial charge in [-0.3, -0.25) is 4.79 Å². The lowest BCUT2D eigenvalue weighted by Crippen LogP contribution is -2.11. The predicted molar refractivity (Wildman–Crippen MR) is 76.4 cm³/mol. The molecule has 1 aromatic carbocycles. The Bertz CT molecular complexity index is 570. The molecule has 0 aliphatic carbocycles. The van der Waals surface area contributed by atoms with Crippen molar-refractivity contribution in [1.29, 1.82) is 0 Å². The van der Waals surface area contributed by atoms with E-state index >= 15 is 0 Å². The van der Waals surface area contributed by atoms with E-state index in [1.54, 1.807) is 12.1 Å². The van der Waals surface area contributed by atoms with E-state index in [0.29, 0.717) is 19.9 Å². The van der Waals surface area contributed by atoms with E-state index in [-0.39, 0.29) is 5.91 Å². The van der Waals surface area contributed by atoms with Crippen molar-refractivity contribution in [3.8, 4) is 0 Å². The molecule has 0 unspecified atom stereocenters. The van der Waals surface area contributed by atoms with E-state index in [1.807, 2.05) is 18.2 Å². The summed E-state index contributed by atoms with van der Waals surface area (Å²) in [5.74, 6) is -0.273. The number of nitrogens with one attached hydrogen (secondary N) is 1. The van der Waals surface area contributed by atoms with Gasteiger partial charge in [0.05, 0.1) is 15.6 Å². The minimum absolute atomic E-state index is 0.273. The average Bonchev–Trinajstić information content (AvgIpc) is 2.61. The summed E-state index contributed by atoms with van der Waals surface area (Å²) in [6.45, 7) is 0. The molecule has 1 N–H and O–H groups in total. The first-order valence-corrected chi connectivity index (χ1v) is 6.95. The van der Waals surface area contributed by atoms with Crippen molar-refractivity contribution in [2.24, 2.45) is 0 Å². The highest BCUT2D eigenvalue weighted by Crippen LogP contribution is 2.32. The number of hydrogen-bond donors (Lipinski definition) is 1. The fourth-order valence-corrected chi connectivity index (χ4v) is 3.09. The molecule has 0 spiro atoms. The highest BCUT2D eigenvalue weighted by molar-refractivity contribution is 9.10. The van der Waals surface area contributed by atoms with Crippen molar-refractivity contribution in [3.63, 3.8) is 0 Å². The summed E-state index contributed by atoms with van der Waals surface area (Å²) in [5, 5.41) is 2.76. The van der Waals surface area contributed by atoms with Gasteiger partial charge in [0.15, 0.2) is 0 Å². The second-order valence-electron chi connectivity index (χ2n) is 3.17. The maximum atomic E-state index is 11.9. The fourth-order valence-electron chi connectivity index (χ4n) is 1.25. The van der Waals surface area contributed by atoms with Crippen LogP contribution >= 0.6 is 50.5 Å². The Balaban J connectivity index is 2.23. The van der Waals surface area contributed by atoms with Crippen LogP contribution in [0, 0.1) is 0 Å². The molecule has 0 saturated carbocycles. The van der Waals surface area contributed by atoms with Crippen LogP contribution in [0.4, 0.5) is 5.69 Å². The van der Waals surface area contributed by atoms with Crippen molar-refractivity contribution in [1.82, 2.24) is 0 Å². The topological polar surface area (TPSA) is 29.1 Å². The van der Waals surface area contributed by atoms with Crippen LogP contribution in [0.2, 0.25) is 8.67 Å². The van der Waals surface area contributed by atoms with Crippen LogP contribution in [-0.4, -0.2) is 5.91 Å². The van der Waals surface area contributed by atoms with Gasteiger partial charge < -0.3 is 5.32 Å². The van der Waals surface area contributed by atoms with Gasteiger partial charge in [-0.25, -0.2) is 0 Å². The highest BCUT2D eigenvalue weighted by atomic mass is 79.9. The van der Waals surface area contributed by atoms with Gasteiger partial charge in [0.1, 0.15) is 4.34 Å². The Kier molecular flexibility index (Phi) is 4.09. The van der Waals surface area contributed by atoms with Crippen LogP contribution in [0.5, 0.6) is 0 Å². The summed E-state index contributed by atoms with van der Waals surface area (Å²) in [7, 11) is 0. The molecule has 0 radical (unpaired) electrons. The van der Waals surface area contributed by atoms with Crippen LogP contribution in [0.15, 0.2) is 34.8 Å². The van der Waals surface area contributed by atoms with Crippen molar-refractivity contribution in [2.45, 2.75) is 0 Å². The Morgan fingerprint density at radius 1 is 1.29 bits per heavy atom. The monoisotopic (exact) mass is 349 g/mol. The molecule has 0 aliphatic heterocycles. The standard InChI is InChI=1S/C11H6BrCl2NOS/c12-7-3-1-2-4-8(7)15-11(16)6-5-9(13)17-10(6)14/h1-5H,(H,15,16). The van der Waals surface area contributed by atoms with Gasteiger partial charge in [-0.05, 0) is 34.1 Å². The molecule has 0 aliphatic rings. The second-order valence-corrected chi connectivity index (χ2v) is 6.31. The largest absolute Gasteiger partial charge is 0.321 e. The minimum Gasteiger partial charge on any atom is -0.321 e. The summed E-state index contributed by atoms with van der Waals surface area (Å²) >= 11 is 16.2. The van der Waals surface area contributed by atoms with Crippen molar-refractivity contribution < 1.29 is 4.79 Å². The van der Waals surface area contributed by atoms with Crippen molar-refractivity contribution >= 4 is 62.1 Å². The molecule has 88 valence electrons. The summed E-state index contributed by atoms with van der Waals surface area (Å²) < 4.78 is 1.69. The first kappa shape index (κ1) is 12.9. The molecule has 2 nitrogen and oxygen atoms in total. The van der Waals surface area contributed by atoms with E-state index in [2.05, 4.69) is 21.2 Å². The van der Waals surface area contributed by atoms with Crippen LogP contribution in [-0.2, 0) is 0 Å². The third-order valence-electron chi connectivity index (χ3n) is 2.02. The fraction of sp³-hybridized carbons (Fsp3) is 0. The number of carbonyl (C=O) groups is 1. The number of para-hydroxylation sites is 1. The molecular weight excluding hydrogens is 345 g/mol. The van der Waals surface area contributed by atoms with Crippen LogP contribution in [0.1, 0.15) is 10.4 Å². The number of carbonyl (C=O) groups excluding carboxylic acids is 1. The highest BCUT2D eigenvalue weighted by Gasteiger charge is 2.14. The zero-order valence-electron chi connectivity index (χ0n) is 8.34. The maximum absolute atomic E-state index is 11.9. The van der Waals surface area contributed by atoms with Crippen LogP contribution < -0.4 is 5.32 Å². The number of amides is 1. The van der Waals surface area contributed by atoms with E-state index < -0.39 is 0 Å². The summed E-state index contributed by atoms with van der Waals surface area (Å²) in [6.07, 6.45) is 0. The van der Waals surface area contributed by atoms with E-state index in [1.165, 1.54) is 11.3 Å². The lowest BCUT2D eigenvalue weighted by atomic mass is 10.3. The van der Waals surface area contributed by atoms with Crippen LogP contribution in [0.25, 0.3) is 0 Å². The Morgan fingerprint density at radius 2 is 2.00 bits per heavy atom. The predicted octanol–water partition coefficient (Wildman–Crippen LogP) is 5.07. The first-order chi connectivity index (χ1) is 8.08. The number of rotatable bonds is 2. The lowest BCUT2D eigenvalue weighted by Gasteiger charge is -2.05. The molecule has 0 fully saturated rings. The smallest absolute Gasteiger partial charge is 0.258 e. The molecule has 1 amide bonds. The molecule has 0 atom stereocenters. The average molecular weight is 351 g/mol. The number of benzene rings is 1. The SMILES string of the molecule is O=C(Nc1ccccc1Br)c1cc(Cl)sc1Cl. The maximum Gasteiger partial charge on any atom is 0.258 e. The van der Waals surface area contributed by atoms with Gasteiger partial charge in [0.25, 0.3) is 5.91 Å². The molecule has 6 heteroatoms. The van der Waals surface area contributed by atoms with Gasteiger partial charge in [-0.2, -0.15) is 0 Å². The van der Waals surface area contributed by atoms with Crippen molar-refractivity contribution in [2.75, 3.05) is 5.32 Å². The number of anilines is 1. The molecule has 17 heavy (non-hydrogen) atoms. The molecular formula is C11H6BrCl2NOS. The zero-order valence-corrected chi connectivity index (χ0v) is 12.3. The Morgan fingerprint density at radius 3 is 2.59 bits per heavy atom. The van der Waals surface area contributed by atoms with Gasteiger partial charge in [0, 0.05) is 4.47 Å². The summed E-state index contributed by atoms with van der Waals surface area (Å²) in [5.41, 5.74) is 1.08. The molecule has 0 saturated heterocycles. The third-order valence-corrected chi connectivity index (χ3v) is 4.20. The van der Waals surface area contributed by atoms with Gasteiger partial charge in [-0.1, -0.05) is 35.3 Å². The number of halogens is 3. The van der Waals surface area contributed by atoms with Crippen molar-refractivity contribution in [3.05, 3.63) is 49.0 Å². The lowest BCUT2D eigenvalue weighted by molar-refractivity contribution is 0.102. The summed E-state index contributed by atoms with van der Waals surface area (Å²) in [6, 6.07) is 8.90. The minimum atomic E-state index is -0.273. The number of hydrogen-bond acceptors (Lipinski definition) is 2.